The third-order valence-electron chi connectivity index (χ3n) is 9.68. The minimum absolute atomic E-state index is 0.0424. The summed E-state index contributed by atoms with van der Waals surface area (Å²) in [6.45, 7) is 10.1. The lowest BCUT2D eigenvalue weighted by Gasteiger charge is -2.53. The van der Waals surface area contributed by atoms with Crippen molar-refractivity contribution in [3.05, 3.63) is 45.9 Å². The Labute approximate surface area is 250 Å². The van der Waals surface area contributed by atoms with Gasteiger partial charge in [0.25, 0.3) is 5.91 Å². The molecule has 0 bridgehead atoms. The summed E-state index contributed by atoms with van der Waals surface area (Å²) in [5, 5.41) is 64.5. The number of phenolic OH excluding ortho intramolecular Hbond substituents is 1. The average Bonchev–Trinajstić information content (AvgIpc) is 2.85. The number of aromatic hydroxyl groups is 1. The highest BCUT2D eigenvalue weighted by Gasteiger charge is 2.67. The lowest BCUT2D eigenvalue weighted by molar-refractivity contribution is -0.162. The molecule has 0 saturated carbocycles. The summed E-state index contributed by atoms with van der Waals surface area (Å²) in [7, 11) is 3.00. The molecule has 9 N–H and O–H groups in total. The average molecular weight is 599 g/mol. The molecule has 12 nitrogen and oxygen atoms in total. The van der Waals surface area contributed by atoms with Crippen molar-refractivity contribution in [1.29, 1.82) is 0 Å². The van der Waals surface area contributed by atoms with Crippen LogP contribution in [0.4, 0.5) is 5.69 Å². The van der Waals surface area contributed by atoms with Crippen molar-refractivity contribution in [3.8, 4) is 5.75 Å². The highest BCUT2D eigenvalue weighted by molar-refractivity contribution is 6.25. The van der Waals surface area contributed by atoms with E-state index < -0.39 is 75.6 Å². The van der Waals surface area contributed by atoms with Gasteiger partial charge in [-0.25, -0.2) is 0 Å². The number of amides is 1. The van der Waals surface area contributed by atoms with Gasteiger partial charge >= 0.3 is 0 Å². The van der Waals surface area contributed by atoms with Crippen LogP contribution in [0.5, 0.6) is 5.75 Å². The highest BCUT2D eigenvalue weighted by Crippen LogP contribution is 2.56. The summed E-state index contributed by atoms with van der Waals surface area (Å²) in [6, 6.07) is 2.03. The van der Waals surface area contributed by atoms with Crippen LogP contribution in [0.15, 0.2) is 34.8 Å². The van der Waals surface area contributed by atoms with E-state index in [-0.39, 0.29) is 28.4 Å². The first-order valence-corrected chi connectivity index (χ1v) is 14.5. The predicted molar refractivity (Wildman–Crippen MR) is 158 cm³/mol. The van der Waals surface area contributed by atoms with Crippen LogP contribution >= 0.6 is 0 Å². The van der Waals surface area contributed by atoms with Crippen molar-refractivity contribution in [2.45, 2.75) is 88.2 Å². The van der Waals surface area contributed by atoms with Crippen molar-refractivity contribution in [2.24, 2.45) is 17.6 Å². The number of likely N-dealkylation sites (N-methyl/N-ethyl adjacent to an activating group) is 1. The number of piperidine rings is 1. The second-order valence-electron chi connectivity index (χ2n) is 14.1. The fourth-order valence-electron chi connectivity index (χ4n) is 8.38. The number of Topliss-reactive ketones (excluding diaryl/α,β-unsaturated/α-hetero) is 2. The molecule has 12 heteroatoms. The van der Waals surface area contributed by atoms with Gasteiger partial charge in [0.05, 0.1) is 29.3 Å². The van der Waals surface area contributed by atoms with Gasteiger partial charge < -0.3 is 41.9 Å². The van der Waals surface area contributed by atoms with Crippen LogP contribution < -0.4 is 16.4 Å². The van der Waals surface area contributed by atoms with Gasteiger partial charge in [0, 0.05) is 28.6 Å². The highest BCUT2D eigenvalue weighted by atomic mass is 16.4. The van der Waals surface area contributed by atoms with Crippen LogP contribution in [0.2, 0.25) is 0 Å². The molecule has 1 aromatic carbocycles. The van der Waals surface area contributed by atoms with Crippen LogP contribution in [-0.4, -0.2) is 96.9 Å². The van der Waals surface area contributed by atoms with E-state index in [9.17, 15) is 39.9 Å². The molecule has 0 radical (unpaired) electrons. The van der Waals surface area contributed by atoms with E-state index >= 15 is 0 Å². The van der Waals surface area contributed by atoms with Gasteiger partial charge in [-0.2, -0.15) is 0 Å². The van der Waals surface area contributed by atoms with E-state index in [2.05, 4.69) is 38.3 Å². The first-order chi connectivity index (χ1) is 19.7. The zero-order chi connectivity index (χ0) is 32.1. The minimum Gasteiger partial charge on any atom is -0.510 e. The number of phenols is 1. The first kappa shape index (κ1) is 31.0. The number of carbonyl (C=O) groups is 3. The normalized spacial score (nSPS) is 33.7. The van der Waals surface area contributed by atoms with Crippen LogP contribution in [0.1, 0.15) is 69.3 Å². The number of primary amides is 1. The number of benzene rings is 1. The Morgan fingerprint density at radius 2 is 1.65 bits per heavy atom. The molecule has 234 valence electrons. The molecule has 1 aliphatic heterocycles. The Morgan fingerprint density at radius 1 is 1.07 bits per heavy atom. The number of carbonyl (C=O) groups excluding carboxylic acids is 3. The molecule has 1 aromatic rings. The van der Waals surface area contributed by atoms with Crippen molar-refractivity contribution >= 4 is 23.2 Å². The van der Waals surface area contributed by atoms with E-state index in [4.69, 9.17) is 5.73 Å². The number of hydrogen-bond acceptors (Lipinski definition) is 11. The molecule has 3 aliphatic carbocycles. The summed E-state index contributed by atoms with van der Waals surface area (Å²) in [5.74, 6) is -9.03. The van der Waals surface area contributed by atoms with Gasteiger partial charge in [0.2, 0.25) is 5.78 Å². The van der Waals surface area contributed by atoms with Crippen LogP contribution in [-0.2, 0) is 9.59 Å². The number of aliphatic hydroxyl groups excluding tert-OH is 3. The summed E-state index contributed by atoms with van der Waals surface area (Å²) in [5.41, 5.74) is 1.33. The number of fused-ring (bicyclic) bond motifs is 3. The van der Waals surface area contributed by atoms with Crippen LogP contribution in [0.3, 0.4) is 0 Å². The van der Waals surface area contributed by atoms with E-state index in [1.807, 2.05) is 0 Å². The standard InChI is InChI=1S/C31H42N4O8/c1-12-14-8-9-15(33-13-10-29(2,3)34-30(4,5)11-13)22(36)17(14)23(37)18-16(12)24(38)20-21(35(6)7)25(39)19(28(32)42)27(41)31(20,43)26(18)40/h8-9,12-13,16,20-21,24,33-34,36,38-40,43H,10-11H2,1-7H3,(H2,32,42)/t12-,16+,20+,21+,24-,31+/m1/s1. The van der Waals surface area contributed by atoms with E-state index in [0.29, 0.717) is 11.3 Å². The lowest BCUT2D eigenvalue weighted by Crippen LogP contribution is -2.68. The summed E-state index contributed by atoms with van der Waals surface area (Å²) in [6.07, 6.45) is -0.150. The molecule has 5 rings (SSSR count). The van der Waals surface area contributed by atoms with Crippen molar-refractivity contribution in [1.82, 2.24) is 10.2 Å². The molecule has 0 unspecified atom stereocenters. The number of ketones is 2. The van der Waals surface area contributed by atoms with Gasteiger partial charge in [-0.15, -0.1) is 0 Å². The quantitative estimate of drug-likeness (QED) is 0.184. The second-order valence-corrected chi connectivity index (χ2v) is 14.1. The number of anilines is 1. The number of rotatable bonds is 4. The third-order valence-corrected chi connectivity index (χ3v) is 9.68. The molecule has 1 heterocycles. The number of hydrogen-bond donors (Lipinski definition) is 8. The van der Waals surface area contributed by atoms with Gasteiger partial charge in [0.1, 0.15) is 22.8 Å². The predicted octanol–water partition coefficient (Wildman–Crippen LogP) is 1.37. The Hall–Kier alpha value is -3.45. The minimum atomic E-state index is -2.94. The number of nitrogens with one attached hydrogen (secondary N) is 2. The van der Waals surface area contributed by atoms with E-state index in [1.165, 1.54) is 19.0 Å². The molecule has 1 fully saturated rings. The maximum atomic E-state index is 14.1. The molecular formula is C31H42N4O8. The molecule has 0 aromatic heterocycles. The summed E-state index contributed by atoms with van der Waals surface area (Å²) < 4.78 is 0. The number of nitrogens with two attached hydrogens (primary N) is 1. The maximum absolute atomic E-state index is 14.1. The zero-order valence-electron chi connectivity index (χ0n) is 25.5. The smallest absolute Gasteiger partial charge is 0.255 e. The molecule has 0 spiro atoms. The van der Waals surface area contributed by atoms with E-state index in [0.717, 1.165) is 12.8 Å². The first-order valence-electron chi connectivity index (χ1n) is 14.5. The molecule has 1 saturated heterocycles. The molecule has 43 heavy (non-hydrogen) atoms. The Morgan fingerprint density at radius 3 is 2.19 bits per heavy atom. The van der Waals surface area contributed by atoms with Gasteiger partial charge in [-0.3, -0.25) is 19.3 Å². The number of nitrogens with zero attached hydrogens (tertiary/aromatic N) is 1. The van der Waals surface area contributed by atoms with Crippen molar-refractivity contribution < 1.29 is 39.9 Å². The Balaban J connectivity index is 1.64. The molecule has 6 atom stereocenters. The van der Waals surface area contributed by atoms with Gasteiger partial charge in [-0.05, 0) is 72.2 Å². The summed E-state index contributed by atoms with van der Waals surface area (Å²) >= 11 is 0. The third kappa shape index (κ3) is 4.45. The fourth-order valence-corrected chi connectivity index (χ4v) is 8.38. The van der Waals surface area contributed by atoms with Gasteiger partial charge in [0.15, 0.2) is 11.4 Å². The van der Waals surface area contributed by atoms with Crippen molar-refractivity contribution in [2.75, 3.05) is 19.4 Å². The lowest BCUT2D eigenvalue weighted by atomic mass is 9.55. The largest absolute Gasteiger partial charge is 0.510 e. The Bertz CT molecular complexity index is 1480. The van der Waals surface area contributed by atoms with Crippen LogP contribution in [0, 0.1) is 11.8 Å². The topological polar surface area (TPSA) is 206 Å². The zero-order valence-corrected chi connectivity index (χ0v) is 25.5. The SMILES string of the molecule is C[C@@H]1c2ccc(NC3CC(C)(C)NC(C)(C)C3)c(O)c2C(=O)C2=C(O)[C@]3(O)C(=O)C(C(N)=O)=C(O)[C@@H](N(C)C)[C@H]3[C@H](O)[C@H]21. The molecular weight excluding hydrogens is 556 g/mol. The van der Waals surface area contributed by atoms with Crippen LogP contribution in [0.25, 0.3) is 0 Å². The molecule has 4 aliphatic rings. The Kier molecular flexibility index (Phi) is 7.05. The summed E-state index contributed by atoms with van der Waals surface area (Å²) in [4.78, 5) is 41.3. The second kappa shape index (κ2) is 9.78. The maximum Gasteiger partial charge on any atom is 0.255 e. The van der Waals surface area contributed by atoms with Crippen molar-refractivity contribution in [3.63, 3.8) is 0 Å². The number of aliphatic hydroxyl groups is 4. The molecule has 1 amide bonds. The fraction of sp³-hybridized carbons (Fsp3) is 0.581. The van der Waals surface area contributed by atoms with Gasteiger partial charge in [-0.1, -0.05) is 13.0 Å². The van der Waals surface area contributed by atoms with E-state index in [1.54, 1.807) is 19.1 Å². The monoisotopic (exact) mass is 598 g/mol.